The summed E-state index contributed by atoms with van der Waals surface area (Å²) in [4.78, 5) is 0. The first-order chi connectivity index (χ1) is 8.17. The predicted molar refractivity (Wildman–Crippen MR) is 65.8 cm³/mol. The van der Waals surface area contributed by atoms with Gasteiger partial charge in [0.05, 0.1) is 31.8 Å². The highest BCUT2D eigenvalue weighted by molar-refractivity contribution is 5.54. The summed E-state index contributed by atoms with van der Waals surface area (Å²) >= 11 is 0. The fraction of sp³-hybridized carbons (Fsp3) is 0.250. The van der Waals surface area contributed by atoms with Gasteiger partial charge in [-0.2, -0.15) is 5.10 Å². The highest BCUT2D eigenvalue weighted by atomic mass is 16.5. The van der Waals surface area contributed by atoms with Gasteiger partial charge in [0.15, 0.2) is 0 Å². The molecular formula is C12H15N3O2. The van der Waals surface area contributed by atoms with Crippen molar-refractivity contribution < 1.29 is 9.47 Å². The molecule has 0 spiro atoms. The van der Waals surface area contributed by atoms with Crippen molar-refractivity contribution in [3.05, 3.63) is 30.1 Å². The normalized spacial score (nSPS) is 10.3. The maximum atomic E-state index is 5.78. The molecule has 90 valence electrons. The lowest BCUT2D eigenvalue weighted by Gasteiger charge is -2.11. The molecule has 1 aromatic carbocycles. The summed E-state index contributed by atoms with van der Waals surface area (Å²) in [5.41, 5.74) is 8.15. The molecule has 0 aliphatic rings. The number of methoxy groups -OCH3 is 2. The number of nitrogen functional groups attached to an aromatic ring is 1. The van der Waals surface area contributed by atoms with Gasteiger partial charge in [0.1, 0.15) is 17.2 Å². The second kappa shape index (κ2) is 4.37. The maximum Gasteiger partial charge on any atom is 0.148 e. The lowest BCUT2D eigenvalue weighted by Crippen LogP contribution is -2.02. The van der Waals surface area contributed by atoms with Crippen LogP contribution in [0.2, 0.25) is 0 Å². The minimum absolute atomic E-state index is 0.655. The third kappa shape index (κ3) is 1.91. The van der Waals surface area contributed by atoms with Gasteiger partial charge in [-0.15, -0.1) is 0 Å². The lowest BCUT2D eigenvalue weighted by molar-refractivity contribution is 0.392. The summed E-state index contributed by atoms with van der Waals surface area (Å²) < 4.78 is 12.2. The topological polar surface area (TPSA) is 62.3 Å². The van der Waals surface area contributed by atoms with E-state index in [1.807, 2.05) is 25.1 Å². The summed E-state index contributed by atoms with van der Waals surface area (Å²) in [7, 11) is 3.23. The van der Waals surface area contributed by atoms with Gasteiger partial charge in [0.2, 0.25) is 0 Å². The van der Waals surface area contributed by atoms with Crippen LogP contribution in [0.3, 0.4) is 0 Å². The standard InChI is InChI=1S/C12H15N3O2/c1-8-10(13)7-14-15(8)11-5-4-9(16-2)6-12(11)17-3/h4-7H,13H2,1-3H3. The van der Waals surface area contributed by atoms with Crippen molar-refractivity contribution in [2.45, 2.75) is 6.92 Å². The first kappa shape index (κ1) is 11.3. The van der Waals surface area contributed by atoms with E-state index in [9.17, 15) is 0 Å². The zero-order valence-electron chi connectivity index (χ0n) is 10.1. The van der Waals surface area contributed by atoms with E-state index in [1.54, 1.807) is 25.1 Å². The van der Waals surface area contributed by atoms with E-state index in [2.05, 4.69) is 5.10 Å². The minimum atomic E-state index is 0.655. The molecular weight excluding hydrogens is 218 g/mol. The average molecular weight is 233 g/mol. The molecule has 0 atom stereocenters. The van der Waals surface area contributed by atoms with Gasteiger partial charge >= 0.3 is 0 Å². The van der Waals surface area contributed by atoms with E-state index in [0.717, 1.165) is 17.1 Å². The third-order valence-electron chi connectivity index (χ3n) is 2.66. The first-order valence-corrected chi connectivity index (χ1v) is 5.20. The number of anilines is 1. The first-order valence-electron chi connectivity index (χ1n) is 5.20. The molecule has 0 amide bonds. The van der Waals surface area contributed by atoms with Crippen molar-refractivity contribution in [1.29, 1.82) is 0 Å². The van der Waals surface area contributed by atoms with Crippen LogP contribution in [-0.4, -0.2) is 24.0 Å². The SMILES string of the molecule is COc1ccc(-n2ncc(N)c2C)c(OC)c1. The molecule has 5 nitrogen and oxygen atoms in total. The van der Waals surface area contributed by atoms with Crippen LogP contribution in [0.5, 0.6) is 11.5 Å². The van der Waals surface area contributed by atoms with Crippen molar-refractivity contribution in [1.82, 2.24) is 9.78 Å². The number of nitrogens with zero attached hydrogens (tertiary/aromatic N) is 2. The average Bonchev–Trinajstić information content (AvgIpc) is 2.69. The maximum absolute atomic E-state index is 5.78. The van der Waals surface area contributed by atoms with Gasteiger partial charge in [-0.3, -0.25) is 0 Å². The number of hydrogen-bond acceptors (Lipinski definition) is 4. The van der Waals surface area contributed by atoms with Gasteiger partial charge in [-0.1, -0.05) is 0 Å². The summed E-state index contributed by atoms with van der Waals surface area (Å²) in [5, 5.41) is 4.22. The molecule has 1 heterocycles. The molecule has 0 aliphatic carbocycles. The van der Waals surface area contributed by atoms with Crippen LogP contribution in [0.1, 0.15) is 5.69 Å². The smallest absolute Gasteiger partial charge is 0.148 e. The quantitative estimate of drug-likeness (QED) is 0.877. The van der Waals surface area contributed by atoms with Crippen LogP contribution in [0.4, 0.5) is 5.69 Å². The van der Waals surface area contributed by atoms with Crippen molar-refractivity contribution in [3.8, 4) is 17.2 Å². The molecule has 0 aliphatic heterocycles. The van der Waals surface area contributed by atoms with Gasteiger partial charge in [0, 0.05) is 6.07 Å². The molecule has 2 aromatic rings. The summed E-state index contributed by atoms with van der Waals surface area (Å²) in [6, 6.07) is 5.55. The Kier molecular flexibility index (Phi) is 2.91. The van der Waals surface area contributed by atoms with Gasteiger partial charge in [-0.05, 0) is 19.1 Å². The number of nitrogens with two attached hydrogens (primary N) is 1. The van der Waals surface area contributed by atoms with E-state index < -0.39 is 0 Å². The zero-order chi connectivity index (χ0) is 12.4. The molecule has 0 unspecified atom stereocenters. The second-order valence-electron chi connectivity index (χ2n) is 3.63. The van der Waals surface area contributed by atoms with E-state index in [0.29, 0.717) is 11.4 Å². The minimum Gasteiger partial charge on any atom is -0.497 e. The molecule has 0 fully saturated rings. The van der Waals surface area contributed by atoms with E-state index in [4.69, 9.17) is 15.2 Å². The summed E-state index contributed by atoms with van der Waals surface area (Å²) in [6.07, 6.45) is 1.62. The van der Waals surface area contributed by atoms with Crippen molar-refractivity contribution >= 4 is 5.69 Å². The molecule has 0 saturated carbocycles. The Bertz CT molecular complexity index is 535. The van der Waals surface area contributed by atoms with Crippen LogP contribution in [0.25, 0.3) is 5.69 Å². The van der Waals surface area contributed by atoms with Gasteiger partial charge in [0.25, 0.3) is 0 Å². The van der Waals surface area contributed by atoms with Crippen molar-refractivity contribution in [2.24, 2.45) is 0 Å². The second-order valence-corrected chi connectivity index (χ2v) is 3.63. The fourth-order valence-corrected chi connectivity index (χ4v) is 1.63. The number of rotatable bonds is 3. The number of aromatic nitrogens is 2. The third-order valence-corrected chi connectivity index (χ3v) is 2.66. The highest BCUT2D eigenvalue weighted by Gasteiger charge is 2.11. The fourth-order valence-electron chi connectivity index (χ4n) is 1.63. The van der Waals surface area contributed by atoms with Crippen LogP contribution in [0.15, 0.2) is 24.4 Å². The Labute approximate surface area is 99.8 Å². The van der Waals surface area contributed by atoms with Crippen LogP contribution < -0.4 is 15.2 Å². The Balaban J connectivity index is 2.55. The Morgan fingerprint density at radius 3 is 2.53 bits per heavy atom. The Hall–Kier alpha value is -2.17. The van der Waals surface area contributed by atoms with Crippen LogP contribution in [0, 0.1) is 6.92 Å². The van der Waals surface area contributed by atoms with E-state index in [1.165, 1.54) is 0 Å². The summed E-state index contributed by atoms with van der Waals surface area (Å²) in [6.45, 7) is 1.91. The van der Waals surface area contributed by atoms with Gasteiger partial charge in [-0.25, -0.2) is 4.68 Å². The lowest BCUT2D eigenvalue weighted by atomic mass is 10.2. The van der Waals surface area contributed by atoms with Crippen LogP contribution >= 0.6 is 0 Å². The molecule has 5 heteroatoms. The van der Waals surface area contributed by atoms with E-state index in [-0.39, 0.29) is 0 Å². The highest BCUT2D eigenvalue weighted by Crippen LogP contribution is 2.29. The largest absolute Gasteiger partial charge is 0.497 e. The molecule has 2 N–H and O–H groups in total. The monoisotopic (exact) mass is 233 g/mol. The predicted octanol–water partition coefficient (Wildman–Crippen LogP) is 1.78. The Morgan fingerprint density at radius 1 is 1.24 bits per heavy atom. The van der Waals surface area contributed by atoms with E-state index >= 15 is 0 Å². The zero-order valence-corrected chi connectivity index (χ0v) is 10.1. The Morgan fingerprint density at radius 2 is 2.00 bits per heavy atom. The molecule has 0 bridgehead atoms. The van der Waals surface area contributed by atoms with Crippen LogP contribution in [-0.2, 0) is 0 Å². The van der Waals surface area contributed by atoms with Gasteiger partial charge < -0.3 is 15.2 Å². The molecule has 1 aromatic heterocycles. The molecule has 0 radical (unpaired) electrons. The van der Waals surface area contributed by atoms with Crippen molar-refractivity contribution in [2.75, 3.05) is 20.0 Å². The number of hydrogen-bond donors (Lipinski definition) is 1. The summed E-state index contributed by atoms with van der Waals surface area (Å²) in [5.74, 6) is 1.43. The molecule has 2 rings (SSSR count). The molecule has 17 heavy (non-hydrogen) atoms. The number of ether oxygens (including phenoxy) is 2. The molecule has 0 saturated heterocycles. The van der Waals surface area contributed by atoms with Crippen molar-refractivity contribution in [3.63, 3.8) is 0 Å². The number of benzene rings is 1.